The number of nitrogens with zero attached hydrogens (tertiary/aromatic N) is 1. The minimum Gasteiger partial charge on any atom is -0.507 e. The lowest BCUT2D eigenvalue weighted by atomic mass is 10.2. The fourth-order valence-corrected chi connectivity index (χ4v) is 2.46. The number of halogens is 1. The highest BCUT2D eigenvalue weighted by molar-refractivity contribution is 9.10. The molecule has 0 radical (unpaired) electrons. The van der Waals surface area contributed by atoms with Gasteiger partial charge < -0.3 is 5.11 Å². The normalized spacial score (nSPS) is 11.4. The molecule has 19 heavy (non-hydrogen) atoms. The van der Waals surface area contributed by atoms with Gasteiger partial charge in [-0.3, -0.25) is 4.79 Å². The van der Waals surface area contributed by atoms with Crippen LogP contribution in [0.3, 0.4) is 0 Å². The van der Waals surface area contributed by atoms with Gasteiger partial charge in [0, 0.05) is 9.35 Å². The zero-order chi connectivity index (χ0) is 13.8. The van der Waals surface area contributed by atoms with Crippen molar-refractivity contribution in [2.75, 3.05) is 0 Å². The Kier molecular flexibility index (Phi) is 4.34. The molecule has 2 aromatic rings. The van der Waals surface area contributed by atoms with E-state index in [-0.39, 0.29) is 11.3 Å². The number of thiophene rings is 1. The van der Waals surface area contributed by atoms with Gasteiger partial charge in [0.15, 0.2) is 0 Å². The Morgan fingerprint density at radius 1 is 1.42 bits per heavy atom. The van der Waals surface area contributed by atoms with Gasteiger partial charge in [0.25, 0.3) is 5.91 Å². The Labute approximate surface area is 122 Å². The van der Waals surface area contributed by atoms with Gasteiger partial charge in [-0.15, -0.1) is 11.3 Å². The molecule has 2 N–H and O–H groups in total. The van der Waals surface area contributed by atoms with Crippen LogP contribution in [0.2, 0.25) is 0 Å². The molecule has 0 spiro atoms. The van der Waals surface area contributed by atoms with Gasteiger partial charge in [0.2, 0.25) is 0 Å². The van der Waals surface area contributed by atoms with Crippen molar-refractivity contribution in [3.8, 4) is 5.75 Å². The predicted molar refractivity (Wildman–Crippen MR) is 79.8 cm³/mol. The number of benzene rings is 1. The van der Waals surface area contributed by atoms with Crippen molar-refractivity contribution in [3.63, 3.8) is 0 Å². The number of aromatic hydroxyl groups is 1. The maximum Gasteiger partial charge on any atom is 0.275 e. The van der Waals surface area contributed by atoms with Crippen molar-refractivity contribution < 1.29 is 9.90 Å². The Morgan fingerprint density at radius 2 is 2.21 bits per heavy atom. The van der Waals surface area contributed by atoms with Crippen LogP contribution in [0.15, 0.2) is 45.3 Å². The Balaban J connectivity index is 2.14. The minimum absolute atomic E-state index is 0.0790. The summed E-state index contributed by atoms with van der Waals surface area (Å²) in [6, 6.07) is 8.50. The second kappa shape index (κ2) is 5.99. The summed E-state index contributed by atoms with van der Waals surface area (Å²) in [5, 5.41) is 15.6. The van der Waals surface area contributed by atoms with Crippen LogP contribution in [0.4, 0.5) is 0 Å². The van der Waals surface area contributed by atoms with Crippen molar-refractivity contribution in [3.05, 3.63) is 50.6 Å². The molecule has 0 aliphatic rings. The molecular formula is C13H11BrN2O2S. The van der Waals surface area contributed by atoms with Crippen molar-refractivity contribution in [2.24, 2.45) is 5.10 Å². The molecule has 0 saturated heterocycles. The van der Waals surface area contributed by atoms with E-state index in [4.69, 9.17) is 0 Å². The Bertz CT molecular complexity index is 624. The summed E-state index contributed by atoms with van der Waals surface area (Å²) < 4.78 is 0.717. The van der Waals surface area contributed by atoms with Crippen molar-refractivity contribution in [1.29, 1.82) is 0 Å². The van der Waals surface area contributed by atoms with E-state index in [0.717, 1.165) is 15.1 Å². The highest BCUT2D eigenvalue weighted by Crippen LogP contribution is 2.21. The van der Waals surface area contributed by atoms with E-state index >= 15 is 0 Å². The molecular weight excluding hydrogens is 328 g/mol. The number of hydrogen-bond acceptors (Lipinski definition) is 4. The SMILES string of the molecule is C/C(=N/NC(=O)c1cc(Br)ccc1O)c1cccs1. The standard InChI is InChI=1S/C13H11BrN2O2S/c1-8(12-3-2-6-19-12)15-16-13(18)10-7-9(14)4-5-11(10)17/h2-7,17H,1H3,(H,16,18)/b15-8-. The third-order valence-electron chi connectivity index (χ3n) is 2.41. The molecule has 1 heterocycles. The number of hydrogen-bond donors (Lipinski definition) is 2. The molecule has 0 aliphatic carbocycles. The first-order valence-corrected chi connectivity index (χ1v) is 7.12. The number of hydrazone groups is 1. The average molecular weight is 339 g/mol. The second-order valence-electron chi connectivity index (χ2n) is 3.78. The van der Waals surface area contributed by atoms with Gasteiger partial charge in [0.05, 0.1) is 11.3 Å². The van der Waals surface area contributed by atoms with Crippen molar-refractivity contribution >= 4 is 38.9 Å². The lowest BCUT2D eigenvalue weighted by molar-refractivity contribution is 0.0952. The fourth-order valence-electron chi connectivity index (χ4n) is 1.42. The smallest absolute Gasteiger partial charge is 0.275 e. The molecule has 0 saturated carbocycles. The van der Waals surface area contributed by atoms with Crippen LogP contribution < -0.4 is 5.43 Å². The molecule has 1 aromatic heterocycles. The van der Waals surface area contributed by atoms with Crippen LogP contribution in [0.1, 0.15) is 22.2 Å². The van der Waals surface area contributed by atoms with Gasteiger partial charge in [-0.1, -0.05) is 22.0 Å². The van der Waals surface area contributed by atoms with Crippen LogP contribution in [0.5, 0.6) is 5.75 Å². The summed E-state index contributed by atoms with van der Waals surface area (Å²) in [4.78, 5) is 12.9. The van der Waals surface area contributed by atoms with E-state index in [1.54, 1.807) is 23.5 Å². The molecule has 2 rings (SSSR count). The maximum absolute atomic E-state index is 11.9. The summed E-state index contributed by atoms with van der Waals surface area (Å²) in [5.41, 5.74) is 3.33. The molecule has 1 aromatic carbocycles. The number of phenolic OH excluding ortho intramolecular Hbond substituents is 1. The fraction of sp³-hybridized carbons (Fsp3) is 0.0769. The van der Waals surface area contributed by atoms with Gasteiger partial charge in [-0.2, -0.15) is 5.10 Å². The summed E-state index contributed by atoms with van der Waals surface area (Å²) >= 11 is 4.80. The van der Waals surface area contributed by atoms with Gasteiger partial charge in [-0.05, 0) is 36.6 Å². The maximum atomic E-state index is 11.9. The summed E-state index contributed by atoms with van der Waals surface area (Å²) in [6.07, 6.45) is 0. The van der Waals surface area contributed by atoms with Crippen LogP contribution in [0, 0.1) is 0 Å². The van der Waals surface area contributed by atoms with Crippen molar-refractivity contribution in [2.45, 2.75) is 6.92 Å². The van der Waals surface area contributed by atoms with E-state index in [1.807, 2.05) is 24.4 Å². The van der Waals surface area contributed by atoms with E-state index in [2.05, 4.69) is 26.5 Å². The summed E-state index contributed by atoms with van der Waals surface area (Å²) in [7, 11) is 0. The summed E-state index contributed by atoms with van der Waals surface area (Å²) in [5.74, 6) is -0.528. The second-order valence-corrected chi connectivity index (χ2v) is 5.64. The highest BCUT2D eigenvalue weighted by Gasteiger charge is 2.11. The predicted octanol–water partition coefficient (Wildman–Crippen LogP) is 3.37. The van der Waals surface area contributed by atoms with E-state index in [1.165, 1.54) is 6.07 Å². The first-order chi connectivity index (χ1) is 9.08. The highest BCUT2D eigenvalue weighted by atomic mass is 79.9. The van der Waals surface area contributed by atoms with E-state index in [9.17, 15) is 9.90 Å². The molecule has 1 amide bonds. The number of amides is 1. The number of rotatable bonds is 3. The monoisotopic (exact) mass is 338 g/mol. The molecule has 98 valence electrons. The molecule has 6 heteroatoms. The Morgan fingerprint density at radius 3 is 2.89 bits per heavy atom. The van der Waals surface area contributed by atoms with E-state index < -0.39 is 5.91 Å². The molecule has 0 atom stereocenters. The largest absolute Gasteiger partial charge is 0.507 e. The lowest BCUT2D eigenvalue weighted by Crippen LogP contribution is -2.19. The number of phenols is 1. The number of carbonyl (C=O) groups is 1. The Hall–Kier alpha value is -1.66. The van der Waals surface area contributed by atoms with Crippen LogP contribution in [-0.2, 0) is 0 Å². The quantitative estimate of drug-likeness (QED) is 0.665. The first kappa shape index (κ1) is 13.8. The van der Waals surface area contributed by atoms with Gasteiger partial charge in [0.1, 0.15) is 5.75 Å². The topological polar surface area (TPSA) is 61.7 Å². The van der Waals surface area contributed by atoms with E-state index in [0.29, 0.717) is 0 Å². The zero-order valence-electron chi connectivity index (χ0n) is 10.1. The number of carbonyl (C=O) groups excluding carboxylic acids is 1. The third-order valence-corrected chi connectivity index (χ3v) is 3.88. The molecule has 0 aliphatic heterocycles. The first-order valence-electron chi connectivity index (χ1n) is 5.45. The molecule has 0 bridgehead atoms. The summed E-state index contributed by atoms with van der Waals surface area (Å²) in [6.45, 7) is 1.81. The van der Waals surface area contributed by atoms with Gasteiger partial charge >= 0.3 is 0 Å². The average Bonchev–Trinajstić information content (AvgIpc) is 2.92. The lowest BCUT2D eigenvalue weighted by Gasteiger charge is -2.04. The van der Waals surface area contributed by atoms with Crippen LogP contribution >= 0.6 is 27.3 Å². The third kappa shape index (κ3) is 3.42. The van der Waals surface area contributed by atoms with Gasteiger partial charge in [-0.25, -0.2) is 5.43 Å². The van der Waals surface area contributed by atoms with Crippen LogP contribution in [-0.4, -0.2) is 16.7 Å². The number of nitrogens with one attached hydrogen (secondary N) is 1. The van der Waals surface area contributed by atoms with Crippen molar-refractivity contribution in [1.82, 2.24) is 5.43 Å². The molecule has 0 unspecified atom stereocenters. The minimum atomic E-state index is -0.449. The zero-order valence-corrected chi connectivity index (χ0v) is 12.5. The van der Waals surface area contributed by atoms with Crippen LogP contribution in [0.25, 0.3) is 0 Å². The molecule has 0 fully saturated rings. The molecule has 4 nitrogen and oxygen atoms in total.